The van der Waals surface area contributed by atoms with Crippen molar-refractivity contribution in [3.63, 3.8) is 0 Å². The van der Waals surface area contributed by atoms with Gasteiger partial charge in [0.1, 0.15) is 0 Å². The second-order valence-electron chi connectivity index (χ2n) is 12.5. The van der Waals surface area contributed by atoms with Crippen LogP contribution in [-0.2, 0) is 26.3 Å². The first-order chi connectivity index (χ1) is 23.9. The normalized spacial score (nSPS) is 11.3. The van der Waals surface area contributed by atoms with Crippen LogP contribution in [0.4, 0.5) is 0 Å². The molecule has 11 nitrogen and oxygen atoms in total. The molecule has 4 rings (SSSR count). The summed E-state index contributed by atoms with van der Waals surface area (Å²) in [6.07, 6.45) is 5.20. The zero-order valence-corrected chi connectivity index (χ0v) is 29.5. The number of hydrogen-bond acceptors (Lipinski definition) is 9. The van der Waals surface area contributed by atoms with E-state index in [4.69, 9.17) is 14.5 Å². The Kier molecular flexibility index (Phi) is 15.5. The van der Waals surface area contributed by atoms with Crippen molar-refractivity contribution in [1.82, 2.24) is 35.8 Å². The molecule has 0 spiro atoms. The minimum atomic E-state index is -0.240. The number of thiol groups is 1. The molecule has 2 heterocycles. The lowest BCUT2D eigenvalue weighted by atomic mass is 9.86. The van der Waals surface area contributed by atoms with E-state index in [2.05, 4.69) is 83.0 Å². The molecular formula is C37H49N7O4S. The van der Waals surface area contributed by atoms with Crippen LogP contribution < -0.4 is 15.4 Å². The third-order valence-electron chi connectivity index (χ3n) is 8.05. The van der Waals surface area contributed by atoms with Gasteiger partial charge in [0.15, 0.2) is 5.82 Å². The van der Waals surface area contributed by atoms with Gasteiger partial charge in [0.05, 0.1) is 18.1 Å². The third-order valence-corrected chi connectivity index (χ3v) is 8.34. The lowest BCUT2D eigenvalue weighted by Gasteiger charge is -2.23. The van der Waals surface area contributed by atoms with E-state index in [0.717, 1.165) is 60.3 Å². The van der Waals surface area contributed by atoms with Crippen molar-refractivity contribution in [2.45, 2.75) is 70.8 Å². The Labute approximate surface area is 295 Å². The van der Waals surface area contributed by atoms with Crippen LogP contribution in [0.2, 0.25) is 0 Å². The summed E-state index contributed by atoms with van der Waals surface area (Å²) in [5.74, 6) is 1.54. The average Bonchev–Trinajstić information content (AvgIpc) is 3.61. The Morgan fingerprint density at radius 2 is 1.47 bits per heavy atom. The van der Waals surface area contributed by atoms with Gasteiger partial charge in [0.25, 0.3) is 0 Å². The fourth-order valence-corrected chi connectivity index (χ4v) is 5.48. The Morgan fingerprint density at radius 3 is 2.16 bits per heavy atom. The largest absolute Gasteiger partial charge is 0.478 e. The topological polar surface area (TPSA) is 133 Å². The molecule has 2 aromatic heterocycles. The molecule has 2 aromatic carbocycles. The summed E-state index contributed by atoms with van der Waals surface area (Å²) in [6, 6.07) is 24.5. The zero-order valence-electron chi connectivity index (χ0n) is 28.6. The van der Waals surface area contributed by atoms with Crippen LogP contribution in [0, 0.1) is 0 Å². The highest BCUT2D eigenvalue weighted by atomic mass is 32.1. The van der Waals surface area contributed by atoms with Crippen molar-refractivity contribution in [2.24, 2.45) is 0 Å². The van der Waals surface area contributed by atoms with Crippen LogP contribution in [0.15, 0.2) is 72.8 Å². The van der Waals surface area contributed by atoms with E-state index in [1.54, 1.807) is 0 Å². The van der Waals surface area contributed by atoms with Crippen LogP contribution in [-0.4, -0.2) is 75.7 Å². The Hall–Kier alpha value is -4.29. The lowest BCUT2D eigenvalue weighted by Crippen LogP contribution is -2.27. The number of pyridine rings is 1. The number of unbranched alkanes of at least 4 members (excludes halogenated alkanes) is 1. The molecule has 12 heteroatoms. The van der Waals surface area contributed by atoms with Gasteiger partial charge in [-0.05, 0) is 66.1 Å². The monoisotopic (exact) mass is 687 g/mol. The smallest absolute Gasteiger partial charge is 0.229 e. The van der Waals surface area contributed by atoms with Crippen molar-refractivity contribution >= 4 is 24.4 Å². The summed E-state index contributed by atoms with van der Waals surface area (Å²) in [6.45, 7) is 7.69. The molecule has 0 atom stereocenters. The molecular weight excluding hydrogens is 639 g/mol. The molecule has 0 saturated carbocycles. The number of rotatable bonds is 22. The first-order valence-electron chi connectivity index (χ1n) is 17.1. The van der Waals surface area contributed by atoms with E-state index >= 15 is 0 Å². The molecule has 0 saturated heterocycles. The van der Waals surface area contributed by atoms with E-state index in [9.17, 15) is 9.59 Å². The van der Waals surface area contributed by atoms with Gasteiger partial charge in [-0.3, -0.25) is 9.59 Å². The summed E-state index contributed by atoms with van der Waals surface area (Å²) < 4.78 is 13.6. The maximum absolute atomic E-state index is 12.3. The quantitative estimate of drug-likeness (QED) is 0.0712. The number of amides is 2. The fraction of sp³-hybridized carbons (Fsp3) is 0.459. The first-order valence-corrected chi connectivity index (χ1v) is 17.7. The zero-order chi connectivity index (χ0) is 34.7. The molecule has 0 unspecified atom stereocenters. The van der Waals surface area contributed by atoms with Crippen LogP contribution in [0.5, 0.6) is 5.88 Å². The van der Waals surface area contributed by atoms with E-state index in [0.29, 0.717) is 58.2 Å². The number of hydrogen-bond donors (Lipinski definition) is 3. The van der Waals surface area contributed by atoms with Gasteiger partial charge in [-0.15, -0.1) is 5.10 Å². The van der Waals surface area contributed by atoms with E-state index < -0.39 is 0 Å². The highest BCUT2D eigenvalue weighted by Crippen LogP contribution is 2.30. The minimum absolute atomic E-state index is 0.00281. The van der Waals surface area contributed by atoms with Crippen molar-refractivity contribution in [1.29, 1.82) is 0 Å². The van der Waals surface area contributed by atoms with E-state index in [1.807, 2.05) is 47.1 Å². The van der Waals surface area contributed by atoms with Crippen LogP contribution >= 0.6 is 12.6 Å². The molecule has 0 aliphatic carbocycles. The molecule has 4 aromatic rings. The third kappa shape index (κ3) is 12.9. The van der Waals surface area contributed by atoms with Crippen LogP contribution in [0.3, 0.4) is 0 Å². The molecule has 49 heavy (non-hydrogen) atoms. The van der Waals surface area contributed by atoms with Gasteiger partial charge in [-0.25, -0.2) is 9.67 Å². The molecule has 2 N–H and O–H groups in total. The number of carbonyl (C=O) groups is 2. The maximum Gasteiger partial charge on any atom is 0.229 e. The highest BCUT2D eigenvalue weighted by molar-refractivity contribution is 7.81. The number of tetrazole rings is 1. The van der Waals surface area contributed by atoms with Gasteiger partial charge < -0.3 is 20.1 Å². The molecule has 0 radical (unpaired) electrons. The Morgan fingerprint density at radius 1 is 0.796 bits per heavy atom. The number of carbonyl (C=O) groups excluding carboxylic acids is 2. The summed E-state index contributed by atoms with van der Waals surface area (Å²) in [5, 5.41) is 18.2. The minimum Gasteiger partial charge on any atom is -0.478 e. The summed E-state index contributed by atoms with van der Waals surface area (Å²) >= 11 is 3.92. The number of nitrogens with one attached hydrogen (secondary N) is 2. The average molecular weight is 688 g/mol. The van der Waals surface area contributed by atoms with Gasteiger partial charge in [-0.2, -0.15) is 12.6 Å². The number of ether oxygens (including phenoxy) is 2. The summed E-state index contributed by atoms with van der Waals surface area (Å²) in [5.41, 5.74) is 3.88. The van der Waals surface area contributed by atoms with Crippen molar-refractivity contribution in [3.05, 3.63) is 78.6 Å². The second kappa shape index (κ2) is 20.3. The van der Waals surface area contributed by atoms with Gasteiger partial charge in [-0.1, -0.05) is 74.5 Å². The molecule has 0 bridgehead atoms. The first kappa shape index (κ1) is 37.5. The van der Waals surface area contributed by atoms with Crippen molar-refractivity contribution in [2.75, 3.05) is 38.7 Å². The second-order valence-corrected chi connectivity index (χ2v) is 12.8. The maximum atomic E-state index is 12.3. The summed E-state index contributed by atoms with van der Waals surface area (Å²) in [4.78, 5) is 28.3. The van der Waals surface area contributed by atoms with Crippen molar-refractivity contribution < 1.29 is 19.1 Å². The number of aryl methyl sites for hydroxylation is 1. The number of benzene rings is 2. The van der Waals surface area contributed by atoms with Gasteiger partial charge in [0.2, 0.25) is 17.7 Å². The van der Waals surface area contributed by atoms with Crippen LogP contribution in [0.1, 0.15) is 64.6 Å². The Bertz CT molecular complexity index is 1510. The van der Waals surface area contributed by atoms with Crippen molar-refractivity contribution in [3.8, 4) is 28.3 Å². The van der Waals surface area contributed by atoms with Gasteiger partial charge in [0, 0.05) is 56.3 Å². The van der Waals surface area contributed by atoms with Gasteiger partial charge >= 0.3 is 0 Å². The molecule has 2 amide bonds. The number of nitrogens with zero attached hydrogens (tertiary/aromatic N) is 5. The SMILES string of the molecule is CC(C)(CCCCOc1cc(-c2ccccc2)cc(-c2ccccc2)n1)c1nnnn1CCCC(=O)NCCCOCCCNC(=O)CS. The standard InChI is InChI=1S/C37H49N7O4S/c1-37(2,36-41-42-43-44(36)22-11-18-33(45)38-20-12-23-47-24-13-21-39-34(46)28-49)19-9-10-25-48-35-27-31(29-14-5-3-6-15-29)26-32(40-35)30-16-7-4-8-17-30/h3-8,14-17,26-27,49H,9-13,18-25,28H2,1-2H3,(H,38,45)(H,39,46). The lowest BCUT2D eigenvalue weighted by molar-refractivity contribution is -0.121. The van der Waals surface area contributed by atoms with E-state index in [-0.39, 0.29) is 23.0 Å². The Balaban J connectivity index is 1.15. The summed E-state index contributed by atoms with van der Waals surface area (Å²) in [7, 11) is 0. The molecule has 0 fully saturated rings. The highest BCUT2D eigenvalue weighted by Gasteiger charge is 2.27. The fourth-order valence-electron chi connectivity index (χ4n) is 5.37. The molecule has 262 valence electrons. The van der Waals surface area contributed by atoms with E-state index in [1.165, 1.54) is 0 Å². The van der Waals surface area contributed by atoms with Crippen LogP contribution in [0.25, 0.3) is 22.4 Å². The predicted molar refractivity (Wildman–Crippen MR) is 194 cm³/mol. The molecule has 0 aliphatic rings. The predicted octanol–water partition coefficient (Wildman–Crippen LogP) is 5.67. The molecule has 0 aliphatic heterocycles. The number of aromatic nitrogens is 5.